The van der Waals surface area contributed by atoms with Crippen molar-refractivity contribution in [1.29, 1.82) is 0 Å². The van der Waals surface area contributed by atoms with Crippen molar-refractivity contribution in [1.82, 2.24) is 0 Å². The van der Waals surface area contributed by atoms with Crippen LogP contribution >= 0.6 is 24.8 Å². The number of aromatic hydroxyl groups is 1. The van der Waals surface area contributed by atoms with Gasteiger partial charge in [0.25, 0.3) is 0 Å². The molecule has 0 bridgehead atoms. The second-order valence-electron chi connectivity index (χ2n) is 5.36. The van der Waals surface area contributed by atoms with Crippen LogP contribution in [-0.2, 0) is 12.8 Å². The van der Waals surface area contributed by atoms with E-state index < -0.39 is 0 Å². The largest absolute Gasteiger partial charge is 0.507 e. The molecule has 0 aromatic heterocycles. The van der Waals surface area contributed by atoms with Gasteiger partial charge in [0.05, 0.1) is 0 Å². The predicted octanol–water partition coefficient (Wildman–Crippen LogP) is 5.45. The molecule has 0 spiro atoms. The second kappa shape index (κ2) is 9.91. The zero-order valence-electron chi connectivity index (χ0n) is 13.3. The molecule has 0 aliphatic heterocycles. The number of hydrogen-bond acceptors (Lipinski definition) is 2. The first-order chi connectivity index (χ1) is 11.7. The number of thiol groups is 1. The summed E-state index contributed by atoms with van der Waals surface area (Å²) in [6.45, 7) is 0. The molecule has 0 atom stereocenters. The van der Waals surface area contributed by atoms with Gasteiger partial charge in [-0.05, 0) is 22.3 Å². The van der Waals surface area contributed by atoms with E-state index in [4.69, 9.17) is 0 Å². The maximum Gasteiger partial charge on any atom is 0.122 e. The van der Waals surface area contributed by atoms with E-state index in [9.17, 15) is 5.11 Å². The zero-order valence-corrected chi connectivity index (χ0v) is 15.0. The van der Waals surface area contributed by atoms with E-state index >= 15 is 0 Å². The van der Waals surface area contributed by atoms with Crippen LogP contribution in [0.3, 0.4) is 0 Å². The Hall–Kier alpha value is -2.10. The molecule has 3 rings (SSSR count). The van der Waals surface area contributed by atoms with Gasteiger partial charge in [-0.1, -0.05) is 91.1 Å². The van der Waals surface area contributed by atoms with Gasteiger partial charge >= 0.3 is 0 Å². The highest BCUT2D eigenvalue weighted by Gasteiger charge is 2.08. The highest BCUT2D eigenvalue weighted by Crippen LogP contribution is 2.27. The monoisotopic (exact) mass is 352 g/mol. The van der Waals surface area contributed by atoms with E-state index in [2.05, 4.69) is 49.1 Å². The molecule has 0 heterocycles. The normalized spacial score (nSPS) is 9.71. The number of phenolic OH excluding ortho intramolecular Hbond substituents is 1. The molecule has 0 saturated carbocycles. The molecule has 3 heteroatoms. The van der Waals surface area contributed by atoms with Crippen molar-refractivity contribution in [2.24, 2.45) is 0 Å². The first-order valence-electron chi connectivity index (χ1n) is 7.70. The first kappa shape index (κ1) is 18.2. The Morgan fingerprint density at radius 2 is 1.08 bits per heavy atom. The van der Waals surface area contributed by atoms with Gasteiger partial charge in [-0.15, -0.1) is 12.6 Å². The topological polar surface area (TPSA) is 20.2 Å². The van der Waals surface area contributed by atoms with Gasteiger partial charge in [0.2, 0.25) is 0 Å². The Bertz CT molecular complexity index is 696. The van der Waals surface area contributed by atoms with Gasteiger partial charge in [-0.25, -0.2) is 0 Å². The average Bonchev–Trinajstić information content (AvgIpc) is 2.61. The van der Waals surface area contributed by atoms with Crippen molar-refractivity contribution >= 4 is 29.5 Å². The minimum atomic E-state index is 0.421. The van der Waals surface area contributed by atoms with E-state index in [1.165, 1.54) is 15.8 Å². The van der Waals surface area contributed by atoms with Gasteiger partial charge in [0, 0.05) is 17.5 Å². The third-order valence-corrected chi connectivity index (χ3v) is 3.68. The smallest absolute Gasteiger partial charge is 0.122 e. The molecule has 0 fully saturated rings. The number of phenols is 1. The summed E-state index contributed by atoms with van der Waals surface area (Å²) in [4.78, 5) is 0. The van der Waals surface area contributed by atoms with Crippen LogP contribution in [0, 0.1) is 0 Å². The highest BCUT2D eigenvalue weighted by molar-refractivity contribution is 8.08. The first-order valence-corrected chi connectivity index (χ1v) is 8.68. The summed E-state index contributed by atoms with van der Waals surface area (Å²) in [5, 5.41) is 10.5. The van der Waals surface area contributed by atoms with E-state index in [1.807, 2.05) is 54.6 Å². The van der Waals surface area contributed by atoms with Gasteiger partial charge in [-0.2, -0.15) is 0 Å². The minimum Gasteiger partial charge on any atom is -0.507 e. The summed E-state index contributed by atoms with van der Waals surface area (Å²) in [6, 6.07) is 26.5. The molecule has 0 unspecified atom stereocenters. The summed E-state index contributed by atoms with van der Waals surface area (Å²) in [5.41, 5.74) is 4.39. The van der Waals surface area contributed by atoms with Gasteiger partial charge in [0.15, 0.2) is 0 Å². The predicted molar refractivity (Wildman–Crippen MR) is 109 cm³/mol. The van der Waals surface area contributed by atoms with Crippen LogP contribution in [-0.4, -0.2) is 9.81 Å². The lowest BCUT2D eigenvalue weighted by atomic mass is 9.98. The zero-order chi connectivity index (χ0) is 17.2. The van der Waals surface area contributed by atoms with Crippen molar-refractivity contribution in [3.63, 3.8) is 0 Å². The molecule has 0 aliphatic rings. The van der Waals surface area contributed by atoms with E-state index in [-0.39, 0.29) is 0 Å². The lowest BCUT2D eigenvalue weighted by molar-refractivity contribution is 0.463. The van der Waals surface area contributed by atoms with Crippen LogP contribution in [0.1, 0.15) is 22.3 Å². The average molecular weight is 353 g/mol. The van der Waals surface area contributed by atoms with E-state index in [0.29, 0.717) is 5.75 Å². The molecule has 122 valence electrons. The van der Waals surface area contributed by atoms with Crippen molar-refractivity contribution in [3.8, 4) is 5.75 Å². The highest BCUT2D eigenvalue weighted by atomic mass is 32.1. The van der Waals surface area contributed by atoms with Gasteiger partial charge < -0.3 is 5.11 Å². The molecular formula is C21H20OS2. The summed E-state index contributed by atoms with van der Waals surface area (Å²) in [5.74, 6) is 0.421. The summed E-state index contributed by atoms with van der Waals surface area (Å²) >= 11 is 7.61. The Morgan fingerprint density at radius 1 is 0.708 bits per heavy atom. The fraction of sp³-hybridized carbons (Fsp3) is 0.0952. The molecule has 3 aromatic rings. The number of para-hydroxylation sites is 1. The maximum atomic E-state index is 10.5. The fourth-order valence-electron chi connectivity index (χ4n) is 2.56. The lowest BCUT2D eigenvalue weighted by Crippen LogP contribution is -1.94. The second-order valence-corrected chi connectivity index (χ2v) is 6.20. The standard InChI is InChI=1S/C20H18O.CH2S2/c21-20-18(14-16-8-3-1-4-9-16)12-7-13-19(20)15-17-10-5-2-6-11-17;2-1-3/h1-13,21H,14-15H2;1H,(H,2,3). The Morgan fingerprint density at radius 3 is 1.46 bits per heavy atom. The number of rotatable bonds is 4. The van der Waals surface area contributed by atoms with Crippen LogP contribution in [0.2, 0.25) is 0 Å². The molecule has 0 amide bonds. The van der Waals surface area contributed by atoms with Crippen molar-refractivity contribution in [3.05, 3.63) is 101 Å². The Balaban J connectivity index is 0.000000647. The van der Waals surface area contributed by atoms with E-state index in [0.717, 1.165) is 24.0 Å². The number of benzene rings is 3. The Labute approximate surface area is 154 Å². The van der Waals surface area contributed by atoms with Crippen LogP contribution in [0.15, 0.2) is 78.9 Å². The summed E-state index contributed by atoms with van der Waals surface area (Å²) in [6.07, 6.45) is 1.52. The SMILES string of the molecule is Oc1c(Cc2ccccc2)cccc1Cc1ccccc1.S=CS. The summed E-state index contributed by atoms with van der Waals surface area (Å²) < 4.78 is 1.28. The maximum absolute atomic E-state index is 10.5. The fourth-order valence-corrected chi connectivity index (χ4v) is 2.56. The third kappa shape index (κ3) is 5.52. The molecule has 1 nitrogen and oxygen atoms in total. The van der Waals surface area contributed by atoms with Crippen LogP contribution in [0.4, 0.5) is 0 Å². The van der Waals surface area contributed by atoms with E-state index in [1.54, 1.807) is 0 Å². The number of hydrogen-bond donors (Lipinski definition) is 2. The third-order valence-electron chi connectivity index (χ3n) is 3.68. The van der Waals surface area contributed by atoms with Crippen molar-refractivity contribution in [2.75, 3.05) is 0 Å². The van der Waals surface area contributed by atoms with Crippen LogP contribution in [0.5, 0.6) is 5.75 Å². The number of thiocarbonyl (C=S) groups is 1. The molecule has 0 radical (unpaired) electrons. The van der Waals surface area contributed by atoms with Crippen LogP contribution < -0.4 is 0 Å². The van der Waals surface area contributed by atoms with Gasteiger partial charge in [0.1, 0.15) is 5.75 Å². The quantitative estimate of drug-likeness (QED) is 0.481. The van der Waals surface area contributed by atoms with Crippen molar-refractivity contribution in [2.45, 2.75) is 12.8 Å². The molecular weight excluding hydrogens is 332 g/mol. The molecule has 24 heavy (non-hydrogen) atoms. The molecule has 1 N–H and O–H groups in total. The Kier molecular flexibility index (Phi) is 7.53. The molecule has 0 saturated heterocycles. The minimum absolute atomic E-state index is 0.421. The molecule has 3 aromatic carbocycles. The van der Waals surface area contributed by atoms with Gasteiger partial charge in [-0.3, -0.25) is 0 Å². The van der Waals surface area contributed by atoms with Crippen molar-refractivity contribution < 1.29 is 5.11 Å². The van der Waals surface area contributed by atoms with Crippen LogP contribution in [0.25, 0.3) is 0 Å². The molecule has 0 aliphatic carbocycles. The summed E-state index contributed by atoms with van der Waals surface area (Å²) in [7, 11) is 0. The lowest BCUT2D eigenvalue weighted by Gasteiger charge is -2.10.